The van der Waals surface area contributed by atoms with Crippen LogP contribution in [-0.2, 0) is 28.1 Å². The first-order valence-electron chi connectivity index (χ1n) is 20.4. The largest absolute Gasteiger partial charge is 0.489 e. The molecule has 2 aliphatic rings. The average molecular weight is 822 g/mol. The van der Waals surface area contributed by atoms with Crippen molar-refractivity contribution in [3.05, 3.63) is 161 Å². The van der Waals surface area contributed by atoms with E-state index < -0.39 is 67.7 Å². The van der Waals surface area contributed by atoms with Crippen LogP contribution in [0.2, 0.25) is 0 Å². The van der Waals surface area contributed by atoms with Crippen LogP contribution in [0.3, 0.4) is 0 Å². The molecule has 60 heavy (non-hydrogen) atoms. The van der Waals surface area contributed by atoms with Crippen molar-refractivity contribution in [3.8, 4) is 11.5 Å². The van der Waals surface area contributed by atoms with E-state index in [0.717, 1.165) is 39.4 Å². The van der Waals surface area contributed by atoms with Crippen LogP contribution in [0.15, 0.2) is 133 Å². The van der Waals surface area contributed by atoms with E-state index in [-0.39, 0.29) is 5.41 Å². The summed E-state index contributed by atoms with van der Waals surface area (Å²) in [6.45, 7) is 9.83. The Hall–Kier alpha value is -4.82. The number of hydrogen-bond acceptors (Lipinski definition) is 11. The summed E-state index contributed by atoms with van der Waals surface area (Å²) in [6.07, 6.45) is -5.99. The third-order valence-corrected chi connectivity index (χ3v) is 10.9. The molecular weight excluding hydrogens is 763 g/mol. The third kappa shape index (κ3) is 10.9. The van der Waals surface area contributed by atoms with Crippen molar-refractivity contribution in [2.45, 2.75) is 108 Å². The number of rotatable bonds is 13. The van der Waals surface area contributed by atoms with E-state index in [2.05, 4.69) is 49.9 Å². The highest BCUT2D eigenvalue weighted by molar-refractivity contribution is 5.57. The van der Waals surface area contributed by atoms with Gasteiger partial charge in [-0.25, -0.2) is 0 Å². The Morgan fingerprint density at radius 2 is 0.967 bits per heavy atom. The van der Waals surface area contributed by atoms with Gasteiger partial charge in [0, 0.05) is 5.69 Å². The lowest BCUT2D eigenvalue weighted by Gasteiger charge is -2.34. The van der Waals surface area contributed by atoms with Crippen molar-refractivity contribution >= 4 is 5.69 Å². The second-order valence-corrected chi connectivity index (χ2v) is 16.8. The lowest BCUT2D eigenvalue weighted by molar-refractivity contribution is -0.163. The zero-order chi connectivity index (χ0) is 43.0. The van der Waals surface area contributed by atoms with Gasteiger partial charge >= 0.3 is 0 Å². The van der Waals surface area contributed by atoms with Gasteiger partial charge in [-0.15, -0.1) is 0 Å². The summed E-state index contributed by atoms with van der Waals surface area (Å²) >= 11 is 0. The molecular formula is C49H59NO10. The summed E-state index contributed by atoms with van der Waals surface area (Å²) in [5.41, 5.74) is 6.16. The van der Waals surface area contributed by atoms with Crippen molar-refractivity contribution in [1.82, 2.24) is 0 Å². The van der Waals surface area contributed by atoms with Gasteiger partial charge in [0.25, 0.3) is 0 Å². The van der Waals surface area contributed by atoms with Gasteiger partial charge in [0.05, 0.1) is 25.3 Å². The summed E-state index contributed by atoms with van der Waals surface area (Å²) in [5.74, 6) is 0.556. The van der Waals surface area contributed by atoms with Crippen LogP contribution < -0.4 is 14.4 Å². The second kappa shape index (κ2) is 19.7. The van der Waals surface area contributed by atoms with E-state index in [0.29, 0.717) is 13.2 Å². The van der Waals surface area contributed by atoms with E-state index in [1.807, 2.05) is 109 Å². The monoisotopic (exact) mass is 821 g/mol. The fourth-order valence-corrected chi connectivity index (χ4v) is 7.67. The average Bonchev–Trinajstić information content (AvgIpc) is 3.73. The standard InChI is InChI=1S/C40H41NO4.C9H18O6/c1-40(2,3)32-18-20-33(21-19-32)41-36(30-14-22-34(23-15-30)44-26-28-10-6-4-7-11-28)38(42)39(43)37(41)31-16-24-35(25-17-31)45-27-29-12-8-5-9-13-29;1-9(2)14-7(5(12)3-10)8(15-9)6(13)4-11/h4-25,36-39,42-43H,26-27H2,1-3H3;5-8,10-13H,3-4H2,1-2H3/t36-,37-,38+,39+;5-,6-,7-,8-/m01/s1. The predicted octanol–water partition coefficient (Wildman–Crippen LogP) is 6.38. The van der Waals surface area contributed by atoms with E-state index >= 15 is 0 Å². The number of anilines is 1. The van der Waals surface area contributed by atoms with Crippen molar-refractivity contribution in [3.63, 3.8) is 0 Å². The molecule has 0 bridgehead atoms. The van der Waals surface area contributed by atoms with Crippen LogP contribution in [0, 0.1) is 0 Å². The van der Waals surface area contributed by atoms with Crippen LogP contribution in [0.5, 0.6) is 11.5 Å². The predicted molar refractivity (Wildman–Crippen MR) is 230 cm³/mol. The molecule has 8 atom stereocenters. The van der Waals surface area contributed by atoms with Crippen molar-refractivity contribution in [1.29, 1.82) is 0 Å². The molecule has 0 aromatic heterocycles. The summed E-state index contributed by atoms with van der Waals surface area (Å²) in [6, 6.07) is 43.3. The Bertz CT molecular complexity index is 1920. The minimum Gasteiger partial charge on any atom is -0.489 e. The van der Waals surface area contributed by atoms with E-state index in [9.17, 15) is 20.4 Å². The highest BCUT2D eigenvalue weighted by atomic mass is 16.8. The molecule has 11 heteroatoms. The number of nitrogens with zero attached hydrogens (tertiary/aromatic N) is 1. The fourth-order valence-electron chi connectivity index (χ4n) is 7.67. The maximum Gasteiger partial charge on any atom is 0.164 e. The summed E-state index contributed by atoms with van der Waals surface area (Å²) in [7, 11) is 0. The maximum atomic E-state index is 11.6. The van der Waals surface area contributed by atoms with Gasteiger partial charge in [-0.1, -0.05) is 118 Å². The van der Waals surface area contributed by atoms with Crippen LogP contribution in [0.1, 0.15) is 74.5 Å². The van der Waals surface area contributed by atoms with Gasteiger partial charge in [0.1, 0.15) is 61.3 Å². The Balaban J connectivity index is 0.000000340. The second-order valence-electron chi connectivity index (χ2n) is 16.8. The van der Waals surface area contributed by atoms with Gasteiger partial charge in [-0.05, 0) is 83.5 Å². The molecule has 2 fully saturated rings. The molecule has 0 unspecified atom stereocenters. The van der Waals surface area contributed by atoms with Crippen molar-refractivity contribution in [2.24, 2.45) is 0 Å². The Morgan fingerprint density at radius 1 is 0.583 bits per heavy atom. The van der Waals surface area contributed by atoms with Crippen LogP contribution in [0.4, 0.5) is 5.69 Å². The molecule has 0 amide bonds. The Labute approximate surface area is 353 Å². The Morgan fingerprint density at radius 3 is 1.32 bits per heavy atom. The normalized spacial score (nSPS) is 23.4. The molecule has 5 aromatic carbocycles. The number of hydrogen-bond donors (Lipinski definition) is 6. The first kappa shape index (κ1) is 44.7. The fraction of sp³-hybridized carbons (Fsp3) is 0.388. The third-order valence-electron chi connectivity index (χ3n) is 10.9. The highest BCUT2D eigenvalue weighted by Crippen LogP contribution is 2.48. The van der Waals surface area contributed by atoms with Crippen LogP contribution in [-0.4, -0.2) is 86.3 Å². The molecule has 0 spiro atoms. The lowest BCUT2D eigenvalue weighted by atomic mass is 9.87. The highest BCUT2D eigenvalue weighted by Gasteiger charge is 2.49. The van der Waals surface area contributed by atoms with Crippen LogP contribution >= 0.6 is 0 Å². The molecule has 5 aromatic rings. The Kier molecular flexibility index (Phi) is 14.7. The van der Waals surface area contributed by atoms with E-state index in [4.69, 9.17) is 29.2 Å². The zero-order valence-corrected chi connectivity index (χ0v) is 34.9. The molecule has 0 saturated carbocycles. The maximum absolute atomic E-state index is 11.6. The minimum absolute atomic E-state index is 0.00648. The number of aliphatic hydroxyl groups excluding tert-OH is 6. The summed E-state index contributed by atoms with van der Waals surface area (Å²) in [4.78, 5) is 2.15. The number of aliphatic hydroxyl groups is 6. The molecule has 2 aliphatic heterocycles. The smallest absolute Gasteiger partial charge is 0.164 e. The molecule has 0 radical (unpaired) electrons. The van der Waals surface area contributed by atoms with Crippen molar-refractivity contribution < 1.29 is 49.6 Å². The molecule has 11 nitrogen and oxygen atoms in total. The molecule has 7 rings (SSSR count). The lowest BCUT2D eigenvalue weighted by Crippen LogP contribution is -2.45. The van der Waals surface area contributed by atoms with Gasteiger partial charge in [-0.2, -0.15) is 0 Å². The topological polar surface area (TPSA) is 162 Å². The minimum atomic E-state index is -1.14. The quantitative estimate of drug-likeness (QED) is 0.0783. The summed E-state index contributed by atoms with van der Waals surface area (Å²) < 4.78 is 22.7. The first-order valence-corrected chi connectivity index (χ1v) is 20.4. The van der Waals surface area contributed by atoms with Gasteiger partial charge in [0.15, 0.2) is 5.79 Å². The van der Waals surface area contributed by atoms with Crippen molar-refractivity contribution in [2.75, 3.05) is 18.1 Å². The molecule has 2 heterocycles. The molecule has 320 valence electrons. The van der Waals surface area contributed by atoms with Gasteiger partial charge in [-0.3, -0.25) is 0 Å². The van der Waals surface area contributed by atoms with Crippen LogP contribution in [0.25, 0.3) is 0 Å². The first-order chi connectivity index (χ1) is 28.7. The number of ether oxygens (including phenoxy) is 4. The number of benzene rings is 5. The SMILES string of the molecule is CC(C)(C)c1ccc(N2[C@@H](c3ccc(OCc4ccccc4)cc3)[C@@H](O)[C@H](O)[C@@H]2c2ccc(OCc3ccccc3)cc2)cc1.CC1(C)O[C@H]([C@H](O)CO)[C@@H]([C@H](O)CO)O1. The summed E-state index contributed by atoms with van der Waals surface area (Å²) in [5, 5.41) is 59.7. The molecule has 6 N–H and O–H groups in total. The van der Waals surface area contributed by atoms with E-state index in [1.165, 1.54) is 5.56 Å². The van der Waals surface area contributed by atoms with E-state index in [1.54, 1.807) is 13.8 Å². The zero-order valence-electron chi connectivity index (χ0n) is 34.9. The molecule has 2 saturated heterocycles. The molecule has 0 aliphatic carbocycles. The van der Waals surface area contributed by atoms with Gasteiger partial charge < -0.3 is 54.5 Å². The van der Waals surface area contributed by atoms with Gasteiger partial charge in [0.2, 0.25) is 0 Å².